The van der Waals surface area contributed by atoms with Gasteiger partial charge in [-0.1, -0.05) is 5.16 Å². The number of ether oxygens (including phenoxy) is 1. The van der Waals surface area contributed by atoms with Gasteiger partial charge in [0.15, 0.2) is 0 Å². The highest BCUT2D eigenvalue weighted by atomic mass is 32.1. The van der Waals surface area contributed by atoms with Gasteiger partial charge in [0.25, 0.3) is 5.89 Å². The van der Waals surface area contributed by atoms with Crippen molar-refractivity contribution in [3.05, 3.63) is 35.2 Å². The third kappa shape index (κ3) is 1.98. The molecule has 1 aromatic carbocycles. The van der Waals surface area contributed by atoms with Crippen molar-refractivity contribution in [2.24, 2.45) is 0 Å². The van der Waals surface area contributed by atoms with E-state index in [1.54, 1.807) is 12.6 Å². The Morgan fingerprint density at radius 2 is 2.06 bits per heavy atom. The molecule has 90 valence electrons. The van der Waals surface area contributed by atoms with Crippen LogP contribution in [0.1, 0.15) is 0 Å². The molecule has 0 N–H and O–H groups in total. The largest absolute Gasteiger partial charge is 0.497 e. The smallest absolute Gasteiger partial charge is 0.258 e. The van der Waals surface area contributed by atoms with Crippen molar-refractivity contribution in [1.29, 1.82) is 0 Å². The Morgan fingerprint density at radius 1 is 1.22 bits per heavy atom. The second-order valence-corrected chi connectivity index (χ2v) is 4.24. The monoisotopic (exact) mass is 259 g/mol. The van der Waals surface area contributed by atoms with E-state index in [4.69, 9.17) is 9.26 Å². The molecule has 0 aliphatic heterocycles. The van der Waals surface area contributed by atoms with Crippen LogP contribution < -0.4 is 4.74 Å². The van der Waals surface area contributed by atoms with Crippen LogP contribution in [0.5, 0.6) is 5.75 Å². The van der Waals surface area contributed by atoms with Gasteiger partial charge in [-0.15, -0.1) is 11.3 Å². The van der Waals surface area contributed by atoms with Gasteiger partial charge in [0.2, 0.25) is 5.82 Å². The number of rotatable bonds is 3. The summed E-state index contributed by atoms with van der Waals surface area (Å²) in [4.78, 5) is 8.44. The van der Waals surface area contributed by atoms with E-state index < -0.39 is 0 Å². The summed E-state index contributed by atoms with van der Waals surface area (Å²) in [5.41, 5.74) is 3.31. The molecule has 0 saturated carbocycles. The molecule has 2 aromatic heterocycles. The molecular formula is C12H9N3O2S. The normalized spacial score (nSPS) is 10.5. The second-order valence-electron chi connectivity index (χ2n) is 3.53. The molecule has 0 saturated heterocycles. The van der Waals surface area contributed by atoms with Crippen LogP contribution in [0.15, 0.2) is 39.7 Å². The summed E-state index contributed by atoms with van der Waals surface area (Å²) in [5.74, 6) is 1.76. The Kier molecular flexibility index (Phi) is 2.77. The minimum Gasteiger partial charge on any atom is -0.497 e. The van der Waals surface area contributed by atoms with Crippen molar-refractivity contribution < 1.29 is 9.26 Å². The van der Waals surface area contributed by atoms with Crippen LogP contribution in [0.25, 0.3) is 23.0 Å². The number of benzene rings is 1. The van der Waals surface area contributed by atoms with E-state index >= 15 is 0 Å². The maximum Gasteiger partial charge on any atom is 0.258 e. The topological polar surface area (TPSA) is 61.0 Å². The second kappa shape index (κ2) is 4.58. The van der Waals surface area contributed by atoms with Crippen molar-refractivity contribution in [2.75, 3.05) is 7.11 Å². The van der Waals surface area contributed by atoms with Crippen molar-refractivity contribution in [1.82, 2.24) is 15.1 Å². The Labute approximate surface area is 107 Å². The van der Waals surface area contributed by atoms with Crippen LogP contribution >= 0.6 is 11.3 Å². The summed E-state index contributed by atoms with van der Waals surface area (Å²) in [6.07, 6.45) is 0. The van der Waals surface area contributed by atoms with Gasteiger partial charge in [0.05, 0.1) is 12.6 Å². The number of hydrogen-bond donors (Lipinski definition) is 0. The number of nitrogens with zero attached hydrogens (tertiary/aromatic N) is 3. The molecule has 0 atom stereocenters. The van der Waals surface area contributed by atoms with E-state index in [9.17, 15) is 0 Å². The third-order valence-corrected chi connectivity index (χ3v) is 3.01. The molecule has 3 aromatic rings. The van der Waals surface area contributed by atoms with Crippen molar-refractivity contribution in [3.63, 3.8) is 0 Å². The highest BCUT2D eigenvalue weighted by molar-refractivity contribution is 7.07. The first-order valence-electron chi connectivity index (χ1n) is 5.23. The molecule has 0 bridgehead atoms. The molecule has 5 nitrogen and oxygen atoms in total. The van der Waals surface area contributed by atoms with Crippen molar-refractivity contribution >= 4 is 11.3 Å². The van der Waals surface area contributed by atoms with Gasteiger partial charge in [0.1, 0.15) is 11.4 Å². The molecule has 0 spiro atoms. The van der Waals surface area contributed by atoms with Crippen molar-refractivity contribution in [3.8, 4) is 28.7 Å². The molecule has 2 heterocycles. The average Bonchev–Trinajstić information content (AvgIpc) is 3.09. The van der Waals surface area contributed by atoms with Crippen LogP contribution in [0.2, 0.25) is 0 Å². The Bertz CT molecular complexity index is 632. The first-order chi connectivity index (χ1) is 8.86. The van der Waals surface area contributed by atoms with Crippen LogP contribution in [-0.2, 0) is 0 Å². The summed E-state index contributed by atoms with van der Waals surface area (Å²) in [7, 11) is 1.63. The predicted molar refractivity (Wildman–Crippen MR) is 67.4 cm³/mol. The fourth-order valence-corrected chi connectivity index (χ4v) is 2.03. The minimum absolute atomic E-state index is 0.473. The van der Waals surface area contributed by atoms with Gasteiger partial charge in [-0.05, 0) is 24.3 Å². The standard InChI is InChI=1S/C12H9N3O2S/c1-16-9-4-2-8(3-5-9)12-14-11(15-17-12)10-6-18-7-13-10/h2-7H,1H3. The zero-order valence-corrected chi connectivity index (χ0v) is 10.3. The lowest BCUT2D eigenvalue weighted by Gasteiger charge is -1.98. The average molecular weight is 259 g/mol. The zero-order chi connectivity index (χ0) is 12.4. The predicted octanol–water partition coefficient (Wildman–Crippen LogP) is 2.87. The number of hydrogen-bond acceptors (Lipinski definition) is 6. The maximum absolute atomic E-state index is 5.21. The molecule has 0 amide bonds. The van der Waals surface area contributed by atoms with E-state index in [1.807, 2.05) is 29.6 Å². The molecule has 0 aliphatic carbocycles. The molecule has 18 heavy (non-hydrogen) atoms. The summed E-state index contributed by atoms with van der Waals surface area (Å²) < 4.78 is 10.3. The lowest BCUT2D eigenvalue weighted by Crippen LogP contribution is -1.83. The van der Waals surface area contributed by atoms with E-state index in [0.29, 0.717) is 11.7 Å². The molecule has 0 unspecified atom stereocenters. The first kappa shape index (κ1) is 10.9. The highest BCUT2D eigenvalue weighted by Gasteiger charge is 2.11. The van der Waals surface area contributed by atoms with Gasteiger partial charge >= 0.3 is 0 Å². The first-order valence-corrected chi connectivity index (χ1v) is 6.18. The van der Waals surface area contributed by atoms with Crippen LogP contribution in [0.4, 0.5) is 0 Å². The van der Waals surface area contributed by atoms with Gasteiger partial charge in [0, 0.05) is 10.9 Å². The lowest BCUT2D eigenvalue weighted by molar-refractivity contribution is 0.414. The summed E-state index contributed by atoms with van der Waals surface area (Å²) in [6, 6.07) is 7.44. The molecule has 3 rings (SSSR count). The van der Waals surface area contributed by atoms with Gasteiger partial charge in [-0.25, -0.2) is 4.98 Å². The molecule has 6 heteroatoms. The maximum atomic E-state index is 5.21. The summed E-state index contributed by atoms with van der Waals surface area (Å²) in [5, 5.41) is 5.78. The summed E-state index contributed by atoms with van der Waals surface area (Å²) in [6.45, 7) is 0. The number of thiazole rings is 1. The minimum atomic E-state index is 0.473. The molecule has 0 radical (unpaired) electrons. The van der Waals surface area contributed by atoms with E-state index in [0.717, 1.165) is 17.0 Å². The SMILES string of the molecule is COc1ccc(-c2nc(-c3cscn3)no2)cc1. The third-order valence-electron chi connectivity index (χ3n) is 2.42. The fraction of sp³-hybridized carbons (Fsp3) is 0.0833. The van der Waals surface area contributed by atoms with Crippen LogP contribution in [0, 0.1) is 0 Å². The van der Waals surface area contributed by atoms with Crippen LogP contribution in [-0.4, -0.2) is 22.2 Å². The lowest BCUT2D eigenvalue weighted by atomic mass is 10.2. The summed E-state index contributed by atoms with van der Waals surface area (Å²) >= 11 is 1.50. The van der Waals surface area contributed by atoms with Gasteiger partial charge < -0.3 is 9.26 Å². The molecular weight excluding hydrogens is 250 g/mol. The van der Waals surface area contributed by atoms with Crippen LogP contribution in [0.3, 0.4) is 0 Å². The Balaban J connectivity index is 1.92. The Hall–Kier alpha value is -2.21. The van der Waals surface area contributed by atoms with E-state index in [-0.39, 0.29) is 0 Å². The number of aromatic nitrogens is 3. The number of methoxy groups -OCH3 is 1. The Morgan fingerprint density at radius 3 is 2.72 bits per heavy atom. The van der Waals surface area contributed by atoms with E-state index in [2.05, 4.69) is 15.1 Å². The highest BCUT2D eigenvalue weighted by Crippen LogP contribution is 2.23. The van der Waals surface area contributed by atoms with Gasteiger partial charge in [-0.2, -0.15) is 4.98 Å². The van der Waals surface area contributed by atoms with Crippen molar-refractivity contribution in [2.45, 2.75) is 0 Å². The zero-order valence-electron chi connectivity index (χ0n) is 9.53. The van der Waals surface area contributed by atoms with Gasteiger partial charge in [-0.3, -0.25) is 0 Å². The quantitative estimate of drug-likeness (QED) is 0.723. The molecule has 0 aliphatic rings. The van der Waals surface area contributed by atoms with E-state index in [1.165, 1.54) is 11.3 Å². The fourth-order valence-electron chi connectivity index (χ4n) is 1.50. The molecule has 0 fully saturated rings.